The summed E-state index contributed by atoms with van der Waals surface area (Å²) in [4.78, 5) is 24.5. The quantitative estimate of drug-likeness (QED) is 0.907. The number of carbonyl (C=O) groups excluding carboxylic acids is 1. The first-order valence-corrected chi connectivity index (χ1v) is 7.92. The highest BCUT2D eigenvalue weighted by Gasteiger charge is 2.26. The van der Waals surface area contributed by atoms with Gasteiger partial charge in [-0.15, -0.1) is 11.3 Å². The second-order valence-electron chi connectivity index (χ2n) is 5.11. The summed E-state index contributed by atoms with van der Waals surface area (Å²) in [5, 5.41) is 8.79. The molecule has 2 heterocycles. The van der Waals surface area contributed by atoms with Crippen molar-refractivity contribution in [3.63, 3.8) is 0 Å². The van der Waals surface area contributed by atoms with Crippen molar-refractivity contribution in [2.75, 3.05) is 10.6 Å². The van der Waals surface area contributed by atoms with Crippen LogP contribution in [-0.4, -0.2) is 26.9 Å². The van der Waals surface area contributed by atoms with E-state index in [1.165, 1.54) is 11.3 Å². The van der Waals surface area contributed by atoms with Crippen LogP contribution in [0, 0.1) is 5.92 Å². The van der Waals surface area contributed by atoms with Gasteiger partial charge in [-0.3, -0.25) is 9.78 Å². The summed E-state index contributed by atoms with van der Waals surface area (Å²) in [6, 6.07) is 0.366. The first-order chi connectivity index (χ1) is 10.3. The summed E-state index contributed by atoms with van der Waals surface area (Å²) in [5.41, 5.74) is 0. The van der Waals surface area contributed by atoms with Crippen LogP contribution in [0.15, 0.2) is 30.2 Å². The normalized spacial score (nSPS) is 21.7. The van der Waals surface area contributed by atoms with E-state index in [9.17, 15) is 4.79 Å². The van der Waals surface area contributed by atoms with Crippen molar-refractivity contribution < 1.29 is 4.79 Å². The highest BCUT2D eigenvalue weighted by atomic mass is 32.1. The molecule has 1 aliphatic rings. The average molecular weight is 303 g/mol. The summed E-state index contributed by atoms with van der Waals surface area (Å²) < 4.78 is 0. The Kier molecular flexibility index (Phi) is 4.40. The van der Waals surface area contributed by atoms with Gasteiger partial charge in [0.25, 0.3) is 0 Å². The number of carbonyl (C=O) groups is 1. The summed E-state index contributed by atoms with van der Waals surface area (Å²) in [7, 11) is 0. The third kappa shape index (κ3) is 3.75. The Balaban J connectivity index is 1.47. The largest absolute Gasteiger partial charge is 0.366 e. The molecule has 1 amide bonds. The Labute approximate surface area is 127 Å². The van der Waals surface area contributed by atoms with Crippen LogP contribution in [0.2, 0.25) is 0 Å². The van der Waals surface area contributed by atoms with Crippen molar-refractivity contribution in [2.24, 2.45) is 5.92 Å². The predicted molar refractivity (Wildman–Crippen MR) is 82.1 cm³/mol. The van der Waals surface area contributed by atoms with E-state index in [2.05, 4.69) is 25.6 Å². The number of thiazole rings is 1. The Bertz CT molecular complexity index is 566. The number of anilines is 2. The maximum absolute atomic E-state index is 12.1. The van der Waals surface area contributed by atoms with E-state index in [0.29, 0.717) is 11.2 Å². The van der Waals surface area contributed by atoms with Gasteiger partial charge in [0.05, 0.1) is 6.20 Å². The van der Waals surface area contributed by atoms with Crippen LogP contribution < -0.4 is 10.6 Å². The minimum absolute atomic E-state index is 0.0776. The summed E-state index contributed by atoms with van der Waals surface area (Å²) in [6.07, 6.45) is 10.5. The second kappa shape index (κ2) is 6.62. The molecule has 1 saturated carbocycles. The molecule has 1 fully saturated rings. The molecular weight excluding hydrogens is 286 g/mol. The summed E-state index contributed by atoms with van der Waals surface area (Å²) in [6.45, 7) is 0. The number of rotatable bonds is 4. The molecule has 3 rings (SSSR count). The minimum Gasteiger partial charge on any atom is -0.366 e. The van der Waals surface area contributed by atoms with Gasteiger partial charge in [0.15, 0.2) is 5.13 Å². The lowest BCUT2D eigenvalue weighted by atomic mass is 9.85. The van der Waals surface area contributed by atoms with Gasteiger partial charge in [-0.05, 0) is 25.7 Å². The molecule has 0 aliphatic heterocycles. The molecule has 0 bridgehead atoms. The minimum atomic E-state index is 0.0776. The van der Waals surface area contributed by atoms with E-state index in [1.54, 1.807) is 24.8 Å². The lowest BCUT2D eigenvalue weighted by molar-refractivity contribution is -0.120. The average Bonchev–Trinajstić information content (AvgIpc) is 3.02. The first-order valence-electron chi connectivity index (χ1n) is 7.04. The zero-order valence-electron chi connectivity index (χ0n) is 11.5. The summed E-state index contributed by atoms with van der Waals surface area (Å²) >= 11 is 1.45. The molecule has 0 radical (unpaired) electrons. The SMILES string of the molecule is O=C(Nc1nccs1)C1CCC(Nc2cnccn2)CC1. The van der Waals surface area contributed by atoms with Crippen LogP contribution in [-0.2, 0) is 4.79 Å². The Morgan fingerprint density at radius 2 is 2.00 bits per heavy atom. The van der Waals surface area contributed by atoms with Gasteiger partial charge >= 0.3 is 0 Å². The van der Waals surface area contributed by atoms with Crippen molar-refractivity contribution in [2.45, 2.75) is 31.7 Å². The van der Waals surface area contributed by atoms with Crippen molar-refractivity contribution in [1.29, 1.82) is 0 Å². The molecule has 1 aliphatic carbocycles. The number of nitrogens with one attached hydrogen (secondary N) is 2. The van der Waals surface area contributed by atoms with Crippen LogP contribution in [0.4, 0.5) is 10.9 Å². The second-order valence-corrected chi connectivity index (χ2v) is 6.00. The highest BCUT2D eigenvalue weighted by molar-refractivity contribution is 7.13. The molecule has 0 atom stereocenters. The molecule has 2 N–H and O–H groups in total. The third-order valence-corrected chi connectivity index (χ3v) is 4.36. The van der Waals surface area contributed by atoms with E-state index in [0.717, 1.165) is 31.5 Å². The van der Waals surface area contributed by atoms with Gasteiger partial charge in [-0.2, -0.15) is 0 Å². The van der Waals surface area contributed by atoms with Gasteiger partial charge < -0.3 is 10.6 Å². The Morgan fingerprint density at radius 1 is 1.14 bits per heavy atom. The zero-order chi connectivity index (χ0) is 14.5. The fraction of sp³-hybridized carbons (Fsp3) is 0.429. The topological polar surface area (TPSA) is 79.8 Å². The molecule has 21 heavy (non-hydrogen) atoms. The zero-order valence-corrected chi connectivity index (χ0v) is 12.3. The molecule has 0 saturated heterocycles. The number of aromatic nitrogens is 3. The smallest absolute Gasteiger partial charge is 0.229 e. The number of amides is 1. The van der Waals surface area contributed by atoms with Crippen molar-refractivity contribution >= 4 is 28.2 Å². The molecule has 2 aromatic rings. The van der Waals surface area contributed by atoms with Gasteiger partial charge in [0.1, 0.15) is 5.82 Å². The van der Waals surface area contributed by atoms with Crippen molar-refractivity contribution in [3.8, 4) is 0 Å². The Morgan fingerprint density at radius 3 is 2.67 bits per heavy atom. The van der Waals surface area contributed by atoms with Crippen LogP contribution >= 0.6 is 11.3 Å². The van der Waals surface area contributed by atoms with E-state index in [-0.39, 0.29) is 11.8 Å². The van der Waals surface area contributed by atoms with Crippen LogP contribution in [0.1, 0.15) is 25.7 Å². The van der Waals surface area contributed by atoms with Gasteiger partial charge in [0.2, 0.25) is 5.91 Å². The number of hydrogen-bond acceptors (Lipinski definition) is 6. The van der Waals surface area contributed by atoms with E-state index < -0.39 is 0 Å². The summed E-state index contributed by atoms with van der Waals surface area (Å²) in [5.74, 6) is 0.963. The molecular formula is C14H17N5OS. The lowest BCUT2D eigenvalue weighted by Crippen LogP contribution is -2.32. The van der Waals surface area contributed by atoms with E-state index >= 15 is 0 Å². The molecule has 0 aromatic carbocycles. The van der Waals surface area contributed by atoms with E-state index in [1.807, 2.05) is 5.38 Å². The van der Waals surface area contributed by atoms with Crippen molar-refractivity contribution in [3.05, 3.63) is 30.2 Å². The maximum Gasteiger partial charge on any atom is 0.229 e. The predicted octanol–water partition coefficient (Wildman–Crippen LogP) is 2.54. The fourth-order valence-electron chi connectivity index (χ4n) is 2.58. The monoisotopic (exact) mass is 303 g/mol. The van der Waals surface area contributed by atoms with Gasteiger partial charge in [-0.1, -0.05) is 0 Å². The van der Waals surface area contributed by atoms with Crippen LogP contribution in [0.5, 0.6) is 0 Å². The number of hydrogen-bond donors (Lipinski definition) is 2. The van der Waals surface area contributed by atoms with Crippen molar-refractivity contribution in [1.82, 2.24) is 15.0 Å². The fourth-order valence-corrected chi connectivity index (χ4v) is 3.11. The molecule has 110 valence electrons. The number of nitrogens with zero attached hydrogens (tertiary/aromatic N) is 3. The maximum atomic E-state index is 12.1. The van der Waals surface area contributed by atoms with Crippen LogP contribution in [0.25, 0.3) is 0 Å². The third-order valence-electron chi connectivity index (χ3n) is 3.68. The van der Waals surface area contributed by atoms with E-state index in [4.69, 9.17) is 0 Å². The first kappa shape index (κ1) is 13.9. The molecule has 2 aromatic heterocycles. The highest BCUT2D eigenvalue weighted by Crippen LogP contribution is 2.27. The van der Waals surface area contributed by atoms with Crippen LogP contribution in [0.3, 0.4) is 0 Å². The molecule has 0 unspecified atom stereocenters. The van der Waals surface area contributed by atoms with Gasteiger partial charge in [-0.25, -0.2) is 9.97 Å². The molecule has 0 spiro atoms. The standard InChI is InChI=1S/C14H17N5OS/c20-13(19-14-17-7-8-21-14)10-1-3-11(4-2-10)18-12-9-15-5-6-16-12/h5-11H,1-4H2,(H,16,18)(H,17,19,20). The lowest BCUT2D eigenvalue weighted by Gasteiger charge is -2.28. The Hall–Kier alpha value is -2.02. The molecule has 6 nitrogen and oxygen atoms in total. The molecule has 7 heteroatoms. The van der Waals surface area contributed by atoms with Gasteiger partial charge in [0, 0.05) is 35.9 Å².